The van der Waals surface area contributed by atoms with Gasteiger partial charge in [-0.05, 0) is 48.6 Å². The monoisotopic (exact) mass is 392 g/mol. The number of hydrogen-bond acceptors (Lipinski definition) is 3. The minimum absolute atomic E-state index is 0.0531. The van der Waals surface area contributed by atoms with Crippen molar-refractivity contribution in [2.75, 3.05) is 43.9 Å². The van der Waals surface area contributed by atoms with E-state index >= 15 is 0 Å². The van der Waals surface area contributed by atoms with Crippen LogP contribution in [0.1, 0.15) is 34.3 Å². The number of amides is 3. The Labute approximate surface area is 172 Å². The summed E-state index contributed by atoms with van der Waals surface area (Å²) < 4.78 is 0. The van der Waals surface area contributed by atoms with E-state index in [0.717, 1.165) is 51.1 Å². The highest BCUT2D eigenvalue weighted by Crippen LogP contribution is 2.31. The summed E-state index contributed by atoms with van der Waals surface area (Å²) in [6, 6.07) is 14.0. The highest BCUT2D eigenvalue weighted by molar-refractivity contribution is 6.02. The van der Waals surface area contributed by atoms with E-state index in [1.807, 2.05) is 23.1 Å². The Morgan fingerprint density at radius 3 is 2.41 bits per heavy atom. The largest absolute Gasteiger partial charge is 0.366 e. The first kappa shape index (κ1) is 19.3. The van der Waals surface area contributed by atoms with Gasteiger partial charge < -0.3 is 20.0 Å². The molecule has 2 aromatic rings. The number of nitrogens with one attached hydrogen (secondary N) is 1. The SMILES string of the molecule is CN(C)C(=O)Nc1ccc(N2CCc3ccccc3C2)c(C(=O)N2CCCC2)c1. The van der Waals surface area contributed by atoms with Gasteiger partial charge in [0.1, 0.15) is 0 Å². The molecular weight excluding hydrogens is 364 g/mol. The summed E-state index contributed by atoms with van der Waals surface area (Å²) in [6.07, 6.45) is 3.07. The third-order valence-electron chi connectivity index (χ3n) is 5.75. The molecule has 29 heavy (non-hydrogen) atoms. The van der Waals surface area contributed by atoms with Crippen LogP contribution in [0.3, 0.4) is 0 Å². The Hall–Kier alpha value is -3.02. The first-order valence-corrected chi connectivity index (χ1v) is 10.3. The van der Waals surface area contributed by atoms with Crippen molar-refractivity contribution >= 4 is 23.3 Å². The summed E-state index contributed by atoms with van der Waals surface area (Å²) in [4.78, 5) is 31.1. The van der Waals surface area contributed by atoms with Crippen molar-refractivity contribution in [3.05, 3.63) is 59.2 Å². The molecule has 1 N–H and O–H groups in total. The van der Waals surface area contributed by atoms with Crippen molar-refractivity contribution in [2.24, 2.45) is 0 Å². The van der Waals surface area contributed by atoms with E-state index in [9.17, 15) is 9.59 Å². The van der Waals surface area contributed by atoms with Crippen molar-refractivity contribution in [3.63, 3.8) is 0 Å². The number of nitrogens with zero attached hydrogens (tertiary/aromatic N) is 3. The van der Waals surface area contributed by atoms with Crippen LogP contribution in [-0.4, -0.2) is 55.5 Å². The molecule has 2 aromatic carbocycles. The lowest BCUT2D eigenvalue weighted by atomic mass is 9.98. The van der Waals surface area contributed by atoms with E-state index in [1.54, 1.807) is 14.1 Å². The maximum absolute atomic E-state index is 13.3. The van der Waals surface area contributed by atoms with E-state index in [1.165, 1.54) is 16.0 Å². The van der Waals surface area contributed by atoms with Gasteiger partial charge in [0.15, 0.2) is 0 Å². The Bertz CT molecular complexity index is 919. The fourth-order valence-electron chi connectivity index (χ4n) is 4.09. The van der Waals surface area contributed by atoms with Crippen LogP contribution in [0.4, 0.5) is 16.2 Å². The van der Waals surface area contributed by atoms with Crippen molar-refractivity contribution in [2.45, 2.75) is 25.8 Å². The van der Waals surface area contributed by atoms with E-state index in [0.29, 0.717) is 11.3 Å². The van der Waals surface area contributed by atoms with Gasteiger partial charge in [-0.1, -0.05) is 24.3 Å². The topological polar surface area (TPSA) is 55.9 Å². The van der Waals surface area contributed by atoms with Crippen LogP contribution in [0.25, 0.3) is 0 Å². The maximum atomic E-state index is 13.3. The molecule has 152 valence electrons. The molecular formula is C23H28N4O2. The number of anilines is 2. The van der Waals surface area contributed by atoms with Gasteiger partial charge in [0.25, 0.3) is 5.91 Å². The van der Waals surface area contributed by atoms with Crippen LogP contribution in [-0.2, 0) is 13.0 Å². The smallest absolute Gasteiger partial charge is 0.321 e. The van der Waals surface area contributed by atoms with Gasteiger partial charge >= 0.3 is 6.03 Å². The molecule has 0 aromatic heterocycles. The Balaban J connectivity index is 1.67. The van der Waals surface area contributed by atoms with Crippen LogP contribution in [0, 0.1) is 0 Å². The average molecular weight is 393 g/mol. The standard InChI is InChI=1S/C23H28N4O2/c1-25(2)23(29)24-19-9-10-21(20(15-19)22(28)26-12-5-6-13-26)27-14-11-17-7-3-4-8-18(17)16-27/h3-4,7-10,15H,5-6,11-14,16H2,1-2H3,(H,24,29). The number of carbonyl (C=O) groups excluding carboxylic acids is 2. The first-order chi connectivity index (χ1) is 14.0. The zero-order valence-electron chi connectivity index (χ0n) is 17.1. The highest BCUT2D eigenvalue weighted by Gasteiger charge is 2.26. The van der Waals surface area contributed by atoms with Crippen LogP contribution in [0.2, 0.25) is 0 Å². The number of benzene rings is 2. The van der Waals surface area contributed by atoms with Crippen molar-refractivity contribution in [1.29, 1.82) is 0 Å². The summed E-state index contributed by atoms with van der Waals surface area (Å²) in [6.45, 7) is 3.27. The van der Waals surface area contributed by atoms with Crippen LogP contribution < -0.4 is 10.2 Å². The minimum Gasteiger partial charge on any atom is -0.366 e. The Kier molecular flexibility index (Phi) is 5.43. The van der Waals surface area contributed by atoms with Crippen molar-refractivity contribution in [3.8, 4) is 0 Å². The first-order valence-electron chi connectivity index (χ1n) is 10.3. The molecule has 0 saturated carbocycles. The van der Waals surface area contributed by atoms with Crippen LogP contribution in [0.5, 0.6) is 0 Å². The van der Waals surface area contributed by atoms with Gasteiger partial charge in [-0.15, -0.1) is 0 Å². The molecule has 2 aliphatic heterocycles. The quantitative estimate of drug-likeness (QED) is 0.869. The number of hydrogen-bond donors (Lipinski definition) is 1. The summed E-state index contributed by atoms with van der Waals surface area (Å²) in [7, 11) is 3.40. The van der Waals surface area contributed by atoms with E-state index in [2.05, 4.69) is 34.5 Å². The van der Waals surface area contributed by atoms with Gasteiger partial charge in [-0.2, -0.15) is 0 Å². The molecule has 4 rings (SSSR count). The number of rotatable bonds is 3. The molecule has 1 fully saturated rings. The number of likely N-dealkylation sites (tertiary alicyclic amines) is 1. The Morgan fingerprint density at radius 1 is 0.966 bits per heavy atom. The fraction of sp³-hybridized carbons (Fsp3) is 0.391. The van der Waals surface area contributed by atoms with Crippen molar-refractivity contribution in [1.82, 2.24) is 9.80 Å². The van der Waals surface area contributed by atoms with E-state index in [4.69, 9.17) is 0 Å². The zero-order chi connectivity index (χ0) is 20.4. The van der Waals surface area contributed by atoms with Crippen LogP contribution >= 0.6 is 0 Å². The van der Waals surface area contributed by atoms with Gasteiger partial charge in [0, 0.05) is 51.6 Å². The molecule has 2 aliphatic rings. The third-order valence-corrected chi connectivity index (χ3v) is 5.75. The molecule has 0 unspecified atom stereocenters. The molecule has 2 heterocycles. The second-order valence-corrected chi connectivity index (χ2v) is 8.00. The summed E-state index contributed by atoms with van der Waals surface area (Å²) >= 11 is 0. The normalized spacial score (nSPS) is 15.8. The molecule has 1 saturated heterocycles. The molecule has 0 radical (unpaired) electrons. The molecule has 6 nitrogen and oxygen atoms in total. The minimum atomic E-state index is -0.204. The second-order valence-electron chi connectivity index (χ2n) is 8.00. The molecule has 6 heteroatoms. The second kappa shape index (κ2) is 8.15. The third kappa shape index (κ3) is 4.06. The predicted octanol–water partition coefficient (Wildman–Crippen LogP) is 3.58. The fourth-order valence-corrected chi connectivity index (χ4v) is 4.09. The van der Waals surface area contributed by atoms with Gasteiger partial charge in [-0.25, -0.2) is 4.79 Å². The average Bonchev–Trinajstić information content (AvgIpc) is 3.27. The van der Waals surface area contributed by atoms with Gasteiger partial charge in [0.2, 0.25) is 0 Å². The lowest BCUT2D eigenvalue weighted by molar-refractivity contribution is 0.0793. The van der Waals surface area contributed by atoms with Crippen molar-refractivity contribution < 1.29 is 9.59 Å². The molecule has 0 bridgehead atoms. The van der Waals surface area contributed by atoms with Gasteiger partial charge in [0.05, 0.1) is 5.56 Å². The zero-order valence-corrected chi connectivity index (χ0v) is 17.1. The molecule has 0 aliphatic carbocycles. The highest BCUT2D eigenvalue weighted by atomic mass is 16.2. The summed E-state index contributed by atoms with van der Waals surface area (Å²) in [5.41, 5.74) is 4.95. The predicted molar refractivity (Wildman–Crippen MR) is 115 cm³/mol. The Morgan fingerprint density at radius 2 is 1.69 bits per heavy atom. The van der Waals surface area contributed by atoms with Gasteiger partial charge in [-0.3, -0.25) is 4.79 Å². The van der Waals surface area contributed by atoms with Crippen LogP contribution in [0.15, 0.2) is 42.5 Å². The number of fused-ring (bicyclic) bond motifs is 1. The molecule has 0 atom stereocenters. The lowest BCUT2D eigenvalue weighted by Gasteiger charge is -2.33. The number of carbonyl (C=O) groups is 2. The van der Waals surface area contributed by atoms with E-state index in [-0.39, 0.29) is 11.9 Å². The van der Waals surface area contributed by atoms with E-state index < -0.39 is 0 Å². The molecule has 3 amide bonds. The maximum Gasteiger partial charge on any atom is 0.321 e. The summed E-state index contributed by atoms with van der Waals surface area (Å²) in [5.74, 6) is 0.0531. The summed E-state index contributed by atoms with van der Waals surface area (Å²) in [5, 5.41) is 2.87. The lowest BCUT2D eigenvalue weighted by Crippen LogP contribution is -2.34. The number of urea groups is 1. The molecule has 0 spiro atoms.